The van der Waals surface area contributed by atoms with Crippen molar-refractivity contribution in [2.75, 3.05) is 34.8 Å². The summed E-state index contributed by atoms with van der Waals surface area (Å²) in [5.41, 5.74) is 0. The summed E-state index contributed by atoms with van der Waals surface area (Å²) in [5.74, 6) is 1.67. The van der Waals surface area contributed by atoms with Gasteiger partial charge in [0, 0.05) is 25.3 Å². The van der Waals surface area contributed by atoms with Gasteiger partial charge in [0.05, 0.1) is 16.0 Å². The highest BCUT2D eigenvalue weighted by molar-refractivity contribution is 9.10. The predicted molar refractivity (Wildman–Crippen MR) is 84.0 cm³/mol. The molecule has 1 aliphatic rings. The predicted octanol–water partition coefficient (Wildman–Crippen LogP) is 1.68. The Hall–Kier alpha value is -0.890. The summed E-state index contributed by atoms with van der Waals surface area (Å²) in [5, 5.41) is 3.14. The van der Waals surface area contributed by atoms with Gasteiger partial charge in [0.2, 0.25) is 5.95 Å². The molecule has 1 atom stereocenters. The monoisotopic (exact) mass is 362 g/mol. The third-order valence-corrected chi connectivity index (χ3v) is 5.56. The summed E-state index contributed by atoms with van der Waals surface area (Å²) in [4.78, 5) is 10.7. The van der Waals surface area contributed by atoms with Crippen molar-refractivity contribution in [3.8, 4) is 0 Å². The molecule has 1 fully saturated rings. The Morgan fingerprint density at radius 2 is 2.30 bits per heavy atom. The highest BCUT2D eigenvalue weighted by Gasteiger charge is 2.30. The summed E-state index contributed by atoms with van der Waals surface area (Å²) in [6.45, 7) is 5.26. The van der Waals surface area contributed by atoms with Crippen LogP contribution in [0.2, 0.25) is 0 Å². The lowest BCUT2D eigenvalue weighted by Gasteiger charge is -2.34. The average molecular weight is 363 g/mol. The number of hydrogen-bond donors (Lipinski definition) is 1. The first-order chi connectivity index (χ1) is 9.43. The lowest BCUT2D eigenvalue weighted by Crippen LogP contribution is -2.47. The van der Waals surface area contributed by atoms with Gasteiger partial charge in [-0.1, -0.05) is 6.92 Å². The molecule has 1 saturated heterocycles. The van der Waals surface area contributed by atoms with E-state index in [0.29, 0.717) is 12.5 Å². The van der Waals surface area contributed by atoms with Gasteiger partial charge in [-0.2, -0.15) is 4.98 Å². The second-order valence-corrected chi connectivity index (χ2v) is 8.03. The smallest absolute Gasteiger partial charge is 0.224 e. The van der Waals surface area contributed by atoms with Crippen LogP contribution in [0.3, 0.4) is 0 Å². The second kappa shape index (κ2) is 6.26. The largest absolute Gasteiger partial charge is 0.354 e. The second-order valence-electron chi connectivity index (χ2n) is 4.95. The summed E-state index contributed by atoms with van der Waals surface area (Å²) < 4.78 is 24.1. The van der Waals surface area contributed by atoms with E-state index in [9.17, 15) is 8.42 Å². The molecule has 0 bridgehead atoms. The molecule has 1 N–H and O–H groups in total. The first-order valence-electron chi connectivity index (χ1n) is 6.66. The van der Waals surface area contributed by atoms with Crippen LogP contribution in [0.25, 0.3) is 0 Å². The number of halogens is 1. The molecular formula is C12H19BrN4O2S. The number of aromatic nitrogens is 2. The maximum Gasteiger partial charge on any atom is 0.224 e. The van der Waals surface area contributed by atoms with Crippen molar-refractivity contribution >= 4 is 37.5 Å². The van der Waals surface area contributed by atoms with Crippen molar-refractivity contribution in [1.29, 1.82) is 0 Å². The highest BCUT2D eigenvalue weighted by Crippen LogP contribution is 2.28. The molecule has 1 aromatic rings. The van der Waals surface area contributed by atoms with E-state index in [4.69, 9.17) is 0 Å². The Morgan fingerprint density at radius 1 is 1.55 bits per heavy atom. The Kier molecular flexibility index (Phi) is 4.85. The SMILES string of the molecule is CCCNc1ncc(Br)c(N2CCS(=O)(=O)CC2C)n1. The number of sulfone groups is 1. The third-order valence-electron chi connectivity index (χ3n) is 3.20. The van der Waals surface area contributed by atoms with E-state index >= 15 is 0 Å². The molecule has 0 saturated carbocycles. The van der Waals surface area contributed by atoms with Gasteiger partial charge in [0.25, 0.3) is 0 Å². The number of rotatable bonds is 4. The summed E-state index contributed by atoms with van der Waals surface area (Å²) in [7, 11) is -2.93. The number of anilines is 2. The quantitative estimate of drug-likeness (QED) is 0.878. The van der Waals surface area contributed by atoms with Crippen LogP contribution in [0.15, 0.2) is 10.7 Å². The number of nitrogens with zero attached hydrogens (tertiary/aromatic N) is 3. The van der Waals surface area contributed by atoms with Crippen LogP contribution < -0.4 is 10.2 Å². The fraction of sp³-hybridized carbons (Fsp3) is 0.667. The van der Waals surface area contributed by atoms with E-state index in [1.54, 1.807) is 6.20 Å². The molecule has 112 valence electrons. The van der Waals surface area contributed by atoms with E-state index < -0.39 is 9.84 Å². The van der Waals surface area contributed by atoms with Gasteiger partial charge in [-0.05, 0) is 29.3 Å². The van der Waals surface area contributed by atoms with Crippen LogP contribution in [0.1, 0.15) is 20.3 Å². The summed E-state index contributed by atoms with van der Waals surface area (Å²) >= 11 is 3.45. The zero-order chi connectivity index (χ0) is 14.8. The average Bonchev–Trinajstić information content (AvgIpc) is 2.37. The van der Waals surface area contributed by atoms with Crippen LogP contribution in [0, 0.1) is 0 Å². The van der Waals surface area contributed by atoms with Crippen molar-refractivity contribution < 1.29 is 8.42 Å². The molecule has 1 aliphatic heterocycles. The summed E-state index contributed by atoms with van der Waals surface area (Å²) in [6, 6.07) is -0.0843. The van der Waals surface area contributed by atoms with Crippen molar-refractivity contribution in [2.24, 2.45) is 0 Å². The van der Waals surface area contributed by atoms with Gasteiger partial charge in [-0.3, -0.25) is 0 Å². The van der Waals surface area contributed by atoms with Crippen molar-refractivity contribution in [1.82, 2.24) is 9.97 Å². The van der Waals surface area contributed by atoms with Crippen LogP contribution in [0.5, 0.6) is 0 Å². The normalized spacial score (nSPS) is 21.8. The minimum absolute atomic E-state index is 0.0843. The van der Waals surface area contributed by atoms with Gasteiger partial charge in [-0.15, -0.1) is 0 Å². The fourth-order valence-electron chi connectivity index (χ4n) is 2.19. The molecule has 0 aliphatic carbocycles. The van der Waals surface area contributed by atoms with Crippen molar-refractivity contribution in [3.05, 3.63) is 10.7 Å². The van der Waals surface area contributed by atoms with Crippen LogP contribution in [-0.4, -0.2) is 49.0 Å². The van der Waals surface area contributed by atoms with Gasteiger partial charge in [0.15, 0.2) is 9.84 Å². The molecule has 8 heteroatoms. The molecule has 1 unspecified atom stereocenters. The Labute approximate surface area is 128 Å². The topological polar surface area (TPSA) is 75.2 Å². The Bertz CT molecular complexity index is 579. The van der Waals surface area contributed by atoms with E-state index in [1.807, 2.05) is 11.8 Å². The molecule has 2 heterocycles. The van der Waals surface area contributed by atoms with Crippen molar-refractivity contribution in [2.45, 2.75) is 26.3 Å². The van der Waals surface area contributed by atoms with Gasteiger partial charge >= 0.3 is 0 Å². The third kappa shape index (κ3) is 3.60. The van der Waals surface area contributed by atoms with Gasteiger partial charge < -0.3 is 10.2 Å². The maximum atomic E-state index is 11.6. The lowest BCUT2D eigenvalue weighted by molar-refractivity contribution is 0.566. The Balaban J connectivity index is 2.23. The minimum atomic E-state index is -2.93. The van der Waals surface area contributed by atoms with Crippen molar-refractivity contribution in [3.63, 3.8) is 0 Å². The number of nitrogens with one attached hydrogen (secondary N) is 1. The molecule has 6 nitrogen and oxygen atoms in total. The molecular weight excluding hydrogens is 344 g/mol. The molecule has 0 radical (unpaired) electrons. The van der Waals surface area contributed by atoms with E-state index in [1.165, 1.54) is 0 Å². The van der Waals surface area contributed by atoms with Crippen LogP contribution in [-0.2, 0) is 9.84 Å². The maximum absolute atomic E-state index is 11.6. The lowest BCUT2D eigenvalue weighted by atomic mass is 10.3. The molecule has 20 heavy (non-hydrogen) atoms. The number of hydrogen-bond acceptors (Lipinski definition) is 6. The molecule has 0 aromatic carbocycles. The van der Waals surface area contributed by atoms with Gasteiger partial charge in [-0.25, -0.2) is 13.4 Å². The molecule has 2 rings (SSSR count). The highest BCUT2D eigenvalue weighted by atomic mass is 79.9. The first kappa shape index (κ1) is 15.5. The summed E-state index contributed by atoms with van der Waals surface area (Å²) in [6.07, 6.45) is 2.70. The van der Waals surface area contributed by atoms with Crippen LogP contribution in [0.4, 0.5) is 11.8 Å². The van der Waals surface area contributed by atoms with Gasteiger partial charge in [0.1, 0.15) is 5.82 Å². The zero-order valence-corrected chi connectivity index (χ0v) is 14.0. The molecule has 1 aromatic heterocycles. The molecule has 0 amide bonds. The fourth-order valence-corrected chi connectivity index (χ4v) is 4.17. The first-order valence-corrected chi connectivity index (χ1v) is 9.28. The standard InChI is InChI=1S/C12H19BrN4O2S/c1-3-4-14-12-15-7-10(13)11(16-12)17-5-6-20(18,19)8-9(17)2/h7,9H,3-6,8H2,1-2H3,(H,14,15,16). The Morgan fingerprint density at radius 3 is 2.95 bits per heavy atom. The van der Waals surface area contributed by atoms with Crippen LogP contribution >= 0.6 is 15.9 Å². The molecule has 0 spiro atoms. The zero-order valence-electron chi connectivity index (χ0n) is 11.6. The van der Waals surface area contributed by atoms with E-state index in [0.717, 1.165) is 23.3 Å². The van der Waals surface area contributed by atoms with E-state index in [2.05, 4.69) is 38.1 Å². The van der Waals surface area contributed by atoms with E-state index in [-0.39, 0.29) is 17.5 Å². The minimum Gasteiger partial charge on any atom is -0.354 e.